The Morgan fingerprint density at radius 3 is 2.10 bits per heavy atom. The summed E-state index contributed by atoms with van der Waals surface area (Å²) in [6, 6.07) is 27.1. The third kappa shape index (κ3) is 5.94. The first kappa shape index (κ1) is 20.1. The number of ether oxygens (including phenoxy) is 1. The molecule has 3 aromatic rings. The van der Waals surface area contributed by atoms with Gasteiger partial charge >= 0.3 is 0 Å². The summed E-state index contributed by atoms with van der Waals surface area (Å²) in [6.07, 6.45) is 0.280. The molecule has 0 saturated heterocycles. The molecule has 148 valence electrons. The molecule has 2 N–H and O–H groups in total. The minimum Gasteiger partial charge on any atom is -0.483 e. The van der Waals surface area contributed by atoms with Crippen LogP contribution in [0.1, 0.15) is 24.8 Å². The van der Waals surface area contributed by atoms with Crippen LogP contribution in [0.3, 0.4) is 0 Å². The zero-order valence-corrected chi connectivity index (χ0v) is 16.3. The Morgan fingerprint density at radius 2 is 1.38 bits per heavy atom. The van der Waals surface area contributed by atoms with Gasteiger partial charge in [0.15, 0.2) is 6.61 Å². The Balaban J connectivity index is 1.48. The van der Waals surface area contributed by atoms with Crippen LogP contribution in [0.5, 0.6) is 5.75 Å². The van der Waals surface area contributed by atoms with Crippen molar-refractivity contribution in [3.05, 3.63) is 90.5 Å². The number of benzene rings is 3. The number of hydrogen-bond acceptors (Lipinski definition) is 3. The monoisotopic (exact) mass is 388 g/mol. The Morgan fingerprint density at radius 1 is 0.793 bits per heavy atom. The lowest BCUT2D eigenvalue weighted by atomic mass is 9.98. The zero-order chi connectivity index (χ0) is 20.5. The number of nitrogens with one attached hydrogen (secondary N) is 2. The van der Waals surface area contributed by atoms with Crippen molar-refractivity contribution >= 4 is 11.8 Å². The number of hydrazine groups is 1. The summed E-state index contributed by atoms with van der Waals surface area (Å²) in [5.41, 5.74) is 7.84. The largest absolute Gasteiger partial charge is 0.483 e. The highest BCUT2D eigenvalue weighted by atomic mass is 16.5. The van der Waals surface area contributed by atoms with Crippen molar-refractivity contribution in [3.63, 3.8) is 0 Å². The average Bonchev–Trinajstić information content (AvgIpc) is 2.77. The summed E-state index contributed by atoms with van der Waals surface area (Å²) in [6.45, 7) is 1.78. The average molecular weight is 388 g/mol. The first-order chi connectivity index (χ1) is 14.1. The summed E-state index contributed by atoms with van der Waals surface area (Å²) < 4.78 is 5.67. The van der Waals surface area contributed by atoms with Gasteiger partial charge in [0, 0.05) is 12.0 Å². The lowest BCUT2D eigenvalue weighted by Crippen LogP contribution is -2.44. The Labute approximate surface area is 170 Å². The third-order valence-electron chi connectivity index (χ3n) is 4.53. The van der Waals surface area contributed by atoms with Gasteiger partial charge in [0.25, 0.3) is 5.91 Å². The van der Waals surface area contributed by atoms with Gasteiger partial charge < -0.3 is 4.74 Å². The Kier molecular flexibility index (Phi) is 7.00. The van der Waals surface area contributed by atoms with Gasteiger partial charge in [-0.3, -0.25) is 20.4 Å². The molecule has 0 aliphatic carbocycles. The number of para-hydroxylation sites is 1. The van der Waals surface area contributed by atoms with Crippen molar-refractivity contribution in [2.75, 3.05) is 6.61 Å². The molecule has 29 heavy (non-hydrogen) atoms. The van der Waals surface area contributed by atoms with E-state index in [9.17, 15) is 9.59 Å². The first-order valence-corrected chi connectivity index (χ1v) is 9.53. The van der Waals surface area contributed by atoms with Crippen LogP contribution in [-0.4, -0.2) is 18.4 Å². The fraction of sp³-hybridized carbons (Fsp3) is 0.167. The van der Waals surface area contributed by atoms with E-state index >= 15 is 0 Å². The molecule has 0 radical (unpaired) electrons. The molecule has 0 aromatic heterocycles. The normalized spacial score (nSPS) is 11.3. The lowest BCUT2D eigenvalue weighted by Gasteiger charge is -2.14. The van der Waals surface area contributed by atoms with Crippen molar-refractivity contribution in [1.82, 2.24) is 10.9 Å². The van der Waals surface area contributed by atoms with Crippen LogP contribution < -0.4 is 15.6 Å². The first-order valence-electron chi connectivity index (χ1n) is 9.53. The molecule has 0 aliphatic heterocycles. The fourth-order valence-corrected chi connectivity index (χ4v) is 3.00. The topological polar surface area (TPSA) is 67.4 Å². The van der Waals surface area contributed by atoms with Gasteiger partial charge in [0.2, 0.25) is 5.91 Å². The van der Waals surface area contributed by atoms with Gasteiger partial charge in [0.1, 0.15) is 5.75 Å². The van der Waals surface area contributed by atoms with Crippen molar-refractivity contribution in [1.29, 1.82) is 0 Å². The predicted molar refractivity (Wildman–Crippen MR) is 113 cm³/mol. The molecule has 0 fully saturated rings. The molecule has 3 rings (SSSR count). The molecular weight excluding hydrogens is 364 g/mol. The highest BCUT2D eigenvalue weighted by molar-refractivity contribution is 5.83. The highest BCUT2D eigenvalue weighted by Crippen LogP contribution is 2.29. The number of carbonyl (C=O) groups excluding carboxylic acids is 2. The van der Waals surface area contributed by atoms with Crippen LogP contribution in [0, 0.1) is 0 Å². The second kappa shape index (κ2) is 10.1. The van der Waals surface area contributed by atoms with Crippen molar-refractivity contribution in [2.24, 2.45) is 0 Å². The second-order valence-corrected chi connectivity index (χ2v) is 6.76. The minimum atomic E-state index is -0.423. The maximum absolute atomic E-state index is 12.1. The fourth-order valence-electron chi connectivity index (χ4n) is 3.00. The Hall–Kier alpha value is -3.60. The SMILES string of the molecule is C[C@H](CC(=O)NNC(=O)COc1ccccc1-c1ccccc1)c1ccccc1. The molecule has 1 atom stereocenters. The summed E-state index contributed by atoms with van der Waals surface area (Å²) in [4.78, 5) is 24.2. The zero-order valence-electron chi connectivity index (χ0n) is 16.3. The number of amides is 2. The van der Waals surface area contributed by atoms with Crippen LogP contribution in [-0.2, 0) is 9.59 Å². The molecular formula is C24H24N2O3. The van der Waals surface area contributed by atoms with E-state index in [1.807, 2.05) is 91.9 Å². The summed E-state index contributed by atoms with van der Waals surface area (Å²) in [5, 5.41) is 0. The molecule has 5 nitrogen and oxygen atoms in total. The molecule has 0 saturated carbocycles. The number of carbonyl (C=O) groups is 2. The van der Waals surface area contributed by atoms with E-state index in [0.717, 1.165) is 16.7 Å². The van der Waals surface area contributed by atoms with Crippen molar-refractivity contribution in [3.8, 4) is 16.9 Å². The molecule has 2 amide bonds. The van der Waals surface area contributed by atoms with Gasteiger partial charge in [-0.25, -0.2) is 0 Å². The van der Waals surface area contributed by atoms with Crippen LogP contribution >= 0.6 is 0 Å². The summed E-state index contributed by atoms with van der Waals surface area (Å²) in [7, 11) is 0. The smallest absolute Gasteiger partial charge is 0.276 e. The molecule has 0 heterocycles. The second-order valence-electron chi connectivity index (χ2n) is 6.76. The van der Waals surface area contributed by atoms with E-state index in [2.05, 4.69) is 10.9 Å². The molecule has 0 unspecified atom stereocenters. The summed E-state index contributed by atoms with van der Waals surface area (Å²) in [5.74, 6) is -0.00653. The molecule has 0 bridgehead atoms. The summed E-state index contributed by atoms with van der Waals surface area (Å²) >= 11 is 0. The van der Waals surface area contributed by atoms with E-state index in [0.29, 0.717) is 5.75 Å². The van der Waals surface area contributed by atoms with Gasteiger partial charge in [-0.2, -0.15) is 0 Å². The molecule has 3 aromatic carbocycles. The van der Waals surface area contributed by atoms with Crippen LogP contribution in [0.2, 0.25) is 0 Å². The van der Waals surface area contributed by atoms with Gasteiger partial charge in [-0.15, -0.1) is 0 Å². The number of rotatable bonds is 7. The van der Waals surface area contributed by atoms with E-state index in [-0.39, 0.29) is 24.9 Å². The van der Waals surface area contributed by atoms with Crippen molar-refractivity contribution in [2.45, 2.75) is 19.3 Å². The maximum atomic E-state index is 12.1. The number of hydrogen-bond donors (Lipinski definition) is 2. The van der Waals surface area contributed by atoms with Gasteiger partial charge in [0.05, 0.1) is 0 Å². The van der Waals surface area contributed by atoms with Crippen LogP contribution in [0.15, 0.2) is 84.9 Å². The van der Waals surface area contributed by atoms with E-state index in [4.69, 9.17) is 4.74 Å². The maximum Gasteiger partial charge on any atom is 0.276 e. The quantitative estimate of drug-likeness (QED) is 0.600. The predicted octanol–water partition coefficient (Wildman–Crippen LogP) is 4.07. The molecule has 5 heteroatoms. The van der Waals surface area contributed by atoms with Gasteiger partial charge in [-0.05, 0) is 23.1 Å². The lowest BCUT2D eigenvalue weighted by molar-refractivity contribution is -0.130. The molecule has 0 spiro atoms. The highest BCUT2D eigenvalue weighted by Gasteiger charge is 2.12. The van der Waals surface area contributed by atoms with E-state index in [1.165, 1.54) is 0 Å². The van der Waals surface area contributed by atoms with E-state index in [1.54, 1.807) is 0 Å². The molecule has 0 aliphatic rings. The minimum absolute atomic E-state index is 0.0575. The van der Waals surface area contributed by atoms with Crippen LogP contribution in [0.4, 0.5) is 0 Å². The third-order valence-corrected chi connectivity index (χ3v) is 4.53. The Bertz CT molecular complexity index is 943. The van der Waals surface area contributed by atoms with E-state index < -0.39 is 5.91 Å². The van der Waals surface area contributed by atoms with Crippen LogP contribution in [0.25, 0.3) is 11.1 Å². The van der Waals surface area contributed by atoms with Gasteiger partial charge in [-0.1, -0.05) is 85.8 Å². The van der Waals surface area contributed by atoms with Crippen molar-refractivity contribution < 1.29 is 14.3 Å². The standard InChI is InChI=1S/C24H24N2O3/c1-18(19-10-4-2-5-11-19)16-23(27)25-26-24(28)17-29-22-15-9-8-14-21(22)20-12-6-3-7-13-20/h2-15,18H,16-17H2,1H3,(H,25,27)(H,26,28)/t18-/m1/s1.